The average Bonchev–Trinajstić information content (AvgIpc) is 2.25. The number of ether oxygens (including phenoxy) is 2. The number of methoxy groups -OCH3 is 1. The van der Waals surface area contributed by atoms with E-state index in [0.717, 1.165) is 6.07 Å². The molecule has 1 aromatic carbocycles. The SMILES string of the molecule is COCCCOc1ccc(N)cc1C(F)(F)F. The maximum atomic E-state index is 12.6. The van der Waals surface area contributed by atoms with Crippen LogP contribution in [0.2, 0.25) is 0 Å². The van der Waals surface area contributed by atoms with Gasteiger partial charge in [-0.05, 0) is 18.2 Å². The fraction of sp³-hybridized carbons (Fsp3) is 0.455. The summed E-state index contributed by atoms with van der Waals surface area (Å²) in [6.07, 6.45) is -3.94. The lowest BCUT2D eigenvalue weighted by Gasteiger charge is -2.14. The lowest BCUT2D eigenvalue weighted by Crippen LogP contribution is -2.10. The Kier molecular flexibility index (Phi) is 4.62. The van der Waals surface area contributed by atoms with Crippen molar-refractivity contribution in [3.8, 4) is 5.75 Å². The van der Waals surface area contributed by atoms with Crippen molar-refractivity contribution in [2.75, 3.05) is 26.1 Å². The number of hydrogen-bond donors (Lipinski definition) is 1. The summed E-state index contributed by atoms with van der Waals surface area (Å²) in [5.41, 5.74) is 4.53. The Bertz CT molecular complexity index is 366. The number of hydrogen-bond acceptors (Lipinski definition) is 3. The van der Waals surface area contributed by atoms with Crippen molar-refractivity contribution in [1.82, 2.24) is 0 Å². The van der Waals surface area contributed by atoms with E-state index in [2.05, 4.69) is 0 Å². The van der Waals surface area contributed by atoms with Crippen LogP contribution in [0.5, 0.6) is 5.75 Å². The first-order chi connectivity index (χ1) is 7.95. The van der Waals surface area contributed by atoms with Crippen LogP contribution >= 0.6 is 0 Å². The van der Waals surface area contributed by atoms with E-state index in [9.17, 15) is 13.2 Å². The minimum atomic E-state index is -4.47. The standard InChI is InChI=1S/C11H14F3NO2/c1-16-5-2-6-17-10-4-3-8(15)7-9(10)11(12,13)14/h3-4,7H,2,5-6,15H2,1H3. The van der Waals surface area contributed by atoms with Gasteiger partial charge in [-0.1, -0.05) is 0 Å². The summed E-state index contributed by atoms with van der Waals surface area (Å²) in [6, 6.07) is 3.47. The molecule has 0 spiro atoms. The molecule has 0 aliphatic carbocycles. The van der Waals surface area contributed by atoms with Gasteiger partial charge in [0.25, 0.3) is 0 Å². The van der Waals surface area contributed by atoms with Gasteiger partial charge in [-0.15, -0.1) is 0 Å². The Hall–Kier alpha value is -1.43. The number of alkyl halides is 3. The van der Waals surface area contributed by atoms with Gasteiger partial charge in [0.1, 0.15) is 5.75 Å². The zero-order valence-electron chi connectivity index (χ0n) is 9.38. The van der Waals surface area contributed by atoms with Gasteiger partial charge in [0, 0.05) is 25.8 Å². The molecule has 0 aliphatic heterocycles. The maximum Gasteiger partial charge on any atom is 0.420 e. The Morgan fingerprint density at radius 2 is 1.94 bits per heavy atom. The molecule has 6 heteroatoms. The van der Waals surface area contributed by atoms with Crippen LogP contribution in [0.15, 0.2) is 18.2 Å². The molecular weight excluding hydrogens is 235 g/mol. The number of anilines is 1. The molecule has 0 radical (unpaired) electrons. The molecular formula is C11H14F3NO2. The van der Waals surface area contributed by atoms with Gasteiger partial charge >= 0.3 is 6.18 Å². The molecule has 0 amide bonds. The van der Waals surface area contributed by atoms with Gasteiger partial charge in [0.2, 0.25) is 0 Å². The predicted molar refractivity (Wildman–Crippen MR) is 57.8 cm³/mol. The highest BCUT2D eigenvalue weighted by Gasteiger charge is 2.34. The topological polar surface area (TPSA) is 44.5 Å². The average molecular weight is 249 g/mol. The normalized spacial score (nSPS) is 11.5. The summed E-state index contributed by atoms with van der Waals surface area (Å²) in [7, 11) is 1.52. The highest BCUT2D eigenvalue weighted by molar-refractivity contribution is 5.49. The second kappa shape index (κ2) is 5.77. The fourth-order valence-corrected chi connectivity index (χ4v) is 1.28. The zero-order chi connectivity index (χ0) is 12.9. The molecule has 0 aromatic heterocycles. The number of nitrogen functional groups attached to an aromatic ring is 1. The minimum Gasteiger partial charge on any atom is -0.493 e. The van der Waals surface area contributed by atoms with Crippen LogP contribution in [0.3, 0.4) is 0 Å². The molecule has 17 heavy (non-hydrogen) atoms. The van der Waals surface area contributed by atoms with E-state index in [-0.39, 0.29) is 18.0 Å². The Labute approximate surface area is 97.3 Å². The Morgan fingerprint density at radius 1 is 1.24 bits per heavy atom. The summed E-state index contributed by atoms with van der Waals surface area (Å²) in [6.45, 7) is 0.608. The summed E-state index contributed by atoms with van der Waals surface area (Å²) < 4.78 is 47.8. The lowest BCUT2D eigenvalue weighted by molar-refractivity contribution is -0.138. The van der Waals surface area contributed by atoms with Crippen molar-refractivity contribution in [3.63, 3.8) is 0 Å². The molecule has 0 unspecified atom stereocenters. The van der Waals surface area contributed by atoms with E-state index in [4.69, 9.17) is 15.2 Å². The van der Waals surface area contributed by atoms with E-state index in [1.807, 2.05) is 0 Å². The molecule has 0 fully saturated rings. The van der Waals surface area contributed by atoms with E-state index < -0.39 is 11.7 Å². The second-order valence-corrected chi connectivity index (χ2v) is 3.45. The Morgan fingerprint density at radius 3 is 2.53 bits per heavy atom. The molecule has 0 heterocycles. The molecule has 1 rings (SSSR count). The van der Waals surface area contributed by atoms with Crippen LogP contribution < -0.4 is 10.5 Å². The molecule has 2 N–H and O–H groups in total. The second-order valence-electron chi connectivity index (χ2n) is 3.45. The first-order valence-electron chi connectivity index (χ1n) is 5.03. The van der Waals surface area contributed by atoms with Crippen LogP contribution in [0.1, 0.15) is 12.0 Å². The monoisotopic (exact) mass is 249 g/mol. The van der Waals surface area contributed by atoms with E-state index in [1.165, 1.54) is 19.2 Å². The van der Waals surface area contributed by atoms with Crippen molar-refractivity contribution >= 4 is 5.69 Å². The zero-order valence-corrected chi connectivity index (χ0v) is 9.38. The third kappa shape index (κ3) is 4.14. The summed E-state index contributed by atoms with van der Waals surface area (Å²) >= 11 is 0. The van der Waals surface area contributed by atoms with Crippen LogP contribution in [0, 0.1) is 0 Å². The molecule has 0 bridgehead atoms. The molecule has 1 aromatic rings. The largest absolute Gasteiger partial charge is 0.493 e. The van der Waals surface area contributed by atoms with Gasteiger partial charge < -0.3 is 15.2 Å². The molecule has 0 atom stereocenters. The van der Waals surface area contributed by atoms with Crippen molar-refractivity contribution in [2.24, 2.45) is 0 Å². The lowest BCUT2D eigenvalue weighted by atomic mass is 10.1. The third-order valence-corrected chi connectivity index (χ3v) is 2.06. The smallest absolute Gasteiger partial charge is 0.420 e. The summed E-state index contributed by atoms with van der Waals surface area (Å²) in [4.78, 5) is 0. The van der Waals surface area contributed by atoms with Crippen molar-refractivity contribution in [3.05, 3.63) is 23.8 Å². The maximum absolute atomic E-state index is 12.6. The highest BCUT2D eigenvalue weighted by Crippen LogP contribution is 2.37. The molecule has 0 saturated heterocycles. The molecule has 3 nitrogen and oxygen atoms in total. The number of rotatable bonds is 5. The van der Waals surface area contributed by atoms with Gasteiger partial charge in [-0.2, -0.15) is 13.2 Å². The molecule has 96 valence electrons. The van der Waals surface area contributed by atoms with E-state index in [0.29, 0.717) is 13.0 Å². The quantitative estimate of drug-likeness (QED) is 0.644. The minimum absolute atomic E-state index is 0.0570. The Balaban J connectivity index is 2.77. The van der Waals surface area contributed by atoms with Crippen molar-refractivity contribution in [1.29, 1.82) is 0 Å². The van der Waals surface area contributed by atoms with Gasteiger partial charge in [0.15, 0.2) is 0 Å². The fourth-order valence-electron chi connectivity index (χ4n) is 1.28. The van der Waals surface area contributed by atoms with Crippen molar-refractivity contribution in [2.45, 2.75) is 12.6 Å². The predicted octanol–water partition coefficient (Wildman–Crippen LogP) is 2.70. The van der Waals surface area contributed by atoms with Crippen LogP contribution in [0.25, 0.3) is 0 Å². The van der Waals surface area contributed by atoms with Crippen LogP contribution in [0.4, 0.5) is 18.9 Å². The highest BCUT2D eigenvalue weighted by atomic mass is 19.4. The summed E-state index contributed by atoms with van der Waals surface area (Å²) in [5, 5.41) is 0. The van der Waals surface area contributed by atoms with Crippen molar-refractivity contribution < 1.29 is 22.6 Å². The van der Waals surface area contributed by atoms with Crippen LogP contribution in [-0.4, -0.2) is 20.3 Å². The van der Waals surface area contributed by atoms with Crippen LogP contribution in [-0.2, 0) is 10.9 Å². The van der Waals surface area contributed by atoms with Gasteiger partial charge in [-0.25, -0.2) is 0 Å². The van der Waals surface area contributed by atoms with Gasteiger partial charge in [-0.3, -0.25) is 0 Å². The molecule has 0 saturated carbocycles. The third-order valence-electron chi connectivity index (χ3n) is 2.06. The van der Waals surface area contributed by atoms with Gasteiger partial charge in [0.05, 0.1) is 12.2 Å². The number of halogens is 3. The van der Waals surface area contributed by atoms with E-state index in [1.54, 1.807) is 0 Å². The van der Waals surface area contributed by atoms with E-state index >= 15 is 0 Å². The molecule has 0 aliphatic rings. The number of nitrogens with two attached hydrogens (primary N) is 1. The summed E-state index contributed by atoms with van der Waals surface area (Å²) in [5.74, 6) is -0.206. The number of benzene rings is 1. The first kappa shape index (κ1) is 13.6. The first-order valence-corrected chi connectivity index (χ1v) is 5.03.